The van der Waals surface area contributed by atoms with Gasteiger partial charge >= 0.3 is 0 Å². The van der Waals surface area contributed by atoms with Crippen LogP contribution in [0.25, 0.3) is 0 Å². The molecule has 0 bridgehead atoms. The minimum atomic E-state index is 0.959. The first kappa shape index (κ1) is 12.3. The molecule has 0 aliphatic heterocycles. The van der Waals surface area contributed by atoms with Crippen molar-refractivity contribution in [2.45, 2.75) is 26.8 Å². The second kappa shape index (κ2) is 5.47. The average Bonchev–Trinajstić information content (AvgIpc) is 2.81. The van der Waals surface area contributed by atoms with Crippen molar-refractivity contribution in [3.63, 3.8) is 0 Å². The normalized spacial score (nSPS) is 11.0. The van der Waals surface area contributed by atoms with E-state index in [2.05, 4.69) is 34.8 Å². The maximum Gasteiger partial charge on any atom is 0.109 e. The summed E-state index contributed by atoms with van der Waals surface area (Å²) in [4.78, 5) is 7.12. The first-order valence-electron chi connectivity index (χ1n) is 5.89. The van der Waals surface area contributed by atoms with Gasteiger partial charge in [0.1, 0.15) is 5.82 Å². The molecule has 0 aliphatic carbocycles. The van der Waals surface area contributed by atoms with E-state index in [-0.39, 0.29) is 0 Å². The second-order valence-electron chi connectivity index (χ2n) is 4.32. The molecule has 2 aromatic heterocycles. The van der Waals surface area contributed by atoms with Gasteiger partial charge in [0.25, 0.3) is 0 Å². The van der Waals surface area contributed by atoms with Crippen molar-refractivity contribution in [3.05, 3.63) is 39.6 Å². The van der Waals surface area contributed by atoms with Crippen LogP contribution in [0.4, 0.5) is 0 Å². The summed E-state index contributed by atoms with van der Waals surface area (Å²) >= 11 is 1.87. The molecule has 0 saturated carbocycles. The molecule has 0 aromatic carbocycles. The first-order valence-corrected chi connectivity index (χ1v) is 6.71. The summed E-state index contributed by atoms with van der Waals surface area (Å²) in [6.07, 6.45) is 4.81. The van der Waals surface area contributed by atoms with Crippen molar-refractivity contribution < 1.29 is 0 Å². The fraction of sp³-hybridized carbons (Fsp3) is 0.462. The number of aromatic nitrogens is 2. The Labute approximate surface area is 107 Å². The van der Waals surface area contributed by atoms with E-state index in [0.717, 1.165) is 25.3 Å². The smallest absolute Gasteiger partial charge is 0.109 e. The fourth-order valence-electron chi connectivity index (χ4n) is 1.92. The van der Waals surface area contributed by atoms with Crippen molar-refractivity contribution in [2.24, 2.45) is 7.05 Å². The molecule has 0 aliphatic rings. The molecule has 0 radical (unpaired) electrons. The van der Waals surface area contributed by atoms with E-state index in [4.69, 9.17) is 0 Å². The van der Waals surface area contributed by atoms with Crippen LogP contribution in [-0.2, 0) is 20.0 Å². The number of nitrogens with zero attached hydrogens (tertiary/aromatic N) is 2. The number of nitrogens with one attached hydrogen (secondary N) is 1. The fourth-order valence-corrected chi connectivity index (χ4v) is 2.87. The van der Waals surface area contributed by atoms with Gasteiger partial charge in [0.15, 0.2) is 0 Å². The largest absolute Gasteiger partial charge is 0.338 e. The Morgan fingerprint density at radius 3 is 2.82 bits per heavy atom. The molecule has 92 valence electrons. The number of hydrogen-bond donors (Lipinski definition) is 1. The summed E-state index contributed by atoms with van der Waals surface area (Å²) in [5.74, 6) is 1.13. The minimum Gasteiger partial charge on any atom is -0.338 e. The number of imidazole rings is 1. The molecule has 0 atom stereocenters. The Kier molecular flexibility index (Phi) is 3.97. The third kappa shape index (κ3) is 3.17. The van der Waals surface area contributed by atoms with Crippen LogP contribution in [-0.4, -0.2) is 16.1 Å². The van der Waals surface area contributed by atoms with Gasteiger partial charge in [0.2, 0.25) is 0 Å². The minimum absolute atomic E-state index is 0.959. The van der Waals surface area contributed by atoms with Crippen molar-refractivity contribution in [2.75, 3.05) is 6.54 Å². The SMILES string of the molecule is Cc1cc(CNCCc2nccn2C)c(C)s1. The van der Waals surface area contributed by atoms with Crippen molar-refractivity contribution in [1.82, 2.24) is 14.9 Å². The molecule has 2 aromatic rings. The highest BCUT2D eigenvalue weighted by molar-refractivity contribution is 7.12. The van der Waals surface area contributed by atoms with Gasteiger partial charge in [-0.25, -0.2) is 4.98 Å². The summed E-state index contributed by atoms with van der Waals surface area (Å²) in [5.41, 5.74) is 1.42. The van der Waals surface area contributed by atoms with Gasteiger partial charge in [0.05, 0.1) is 0 Å². The molecule has 0 amide bonds. The number of hydrogen-bond acceptors (Lipinski definition) is 3. The molecule has 1 N–H and O–H groups in total. The van der Waals surface area contributed by atoms with Crippen LogP contribution in [0.15, 0.2) is 18.5 Å². The summed E-state index contributed by atoms with van der Waals surface area (Å²) in [5, 5.41) is 3.47. The highest BCUT2D eigenvalue weighted by Crippen LogP contribution is 2.20. The summed E-state index contributed by atoms with van der Waals surface area (Å²) < 4.78 is 2.07. The van der Waals surface area contributed by atoms with Gasteiger partial charge in [-0.3, -0.25) is 0 Å². The maximum absolute atomic E-state index is 4.31. The summed E-state index contributed by atoms with van der Waals surface area (Å²) in [6.45, 7) is 6.28. The van der Waals surface area contributed by atoms with E-state index in [9.17, 15) is 0 Å². The maximum atomic E-state index is 4.31. The Balaban J connectivity index is 1.77. The lowest BCUT2D eigenvalue weighted by atomic mass is 10.2. The zero-order valence-electron chi connectivity index (χ0n) is 10.7. The van der Waals surface area contributed by atoms with E-state index in [1.54, 1.807) is 0 Å². The Bertz CT molecular complexity index is 485. The number of rotatable bonds is 5. The lowest BCUT2D eigenvalue weighted by Crippen LogP contribution is -2.18. The monoisotopic (exact) mass is 249 g/mol. The zero-order valence-corrected chi connectivity index (χ0v) is 11.5. The average molecular weight is 249 g/mol. The van der Waals surface area contributed by atoms with Crippen LogP contribution in [0.2, 0.25) is 0 Å². The number of thiophene rings is 1. The second-order valence-corrected chi connectivity index (χ2v) is 5.78. The zero-order chi connectivity index (χ0) is 12.3. The van der Waals surface area contributed by atoms with Crippen LogP contribution in [0.5, 0.6) is 0 Å². The van der Waals surface area contributed by atoms with Gasteiger partial charge < -0.3 is 9.88 Å². The van der Waals surface area contributed by atoms with Gasteiger partial charge in [-0.15, -0.1) is 11.3 Å². The molecule has 0 spiro atoms. The molecule has 0 unspecified atom stereocenters. The first-order chi connectivity index (χ1) is 8.16. The predicted molar refractivity (Wildman–Crippen MR) is 72.4 cm³/mol. The molecule has 4 heteroatoms. The third-order valence-electron chi connectivity index (χ3n) is 2.91. The van der Waals surface area contributed by atoms with E-state index >= 15 is 0 Å². The molecule has 0 saturated heterocycles. The Hall–Kier alpha value is -1.13. The molecule has 17 heavy (non-hydrogen) atoms. The molecular weight excluding hydrogens is 230 g/mol. The third-order valence-corrected chi connectivity index (χ3v) is 3.91. The lowest BCUT2D eigenvalue weighted by Gasteiger charge is -2.04. The van der Waals surface area contributed by atoms with Gasteiger partial charge in [-0.1, -0.05) is 0 Å². The van der Waals surface area contributed by atoms with Gasteiger partial charge in [0, 0.05) is 48.7 Å². The van der Waals surface area contributed by atoms with Gasteiger partial charge in [-0.05, 0) is 25.5 Å². The molecule has 3 nitrogen and oxygen atoms in total. The molecule has 2 rings (SSSR count). The predicted octanol–water partition coefficient (Wildman–Crippen LogP) is 2.43. The van der Waals surface area contributed by atoms with Crippen LogP contribution >= 0.6 is 11.3 Å². The van der Waals surface area contributed by atoms with E-state index in [0.29, 0.717) is 0 Å². The summed E-state index contributed by atoms with van der Waals surface area (Å²) in [6, 6.07) is 2.27. The summed E-state index contributed by atoms with van der Waals surface area (Å²) in [7, 11) is 2.04. The van der Waals surface area contributed by atoms with Crippen LogP contribution in [0, 0.1) is 13.8 Å². The lowest BCUT2D eigenvalue weighted by molar-refractivity contribution is 0.654. The quantitative estimate of drug-likeness (QED) is 0.825. The Morgan fingerprint density at radius 1 is 1.41 bits per heavy atom. The highest BCUT2D eigenvalue weighted by Gasteiger charge is 2.03. The van der Waals surface area contributed by atoms with Crippen LogP contribution < -0.4 is 5.32 Å². The van der Waals surface area contributed by atoms with E-state index < -0.39 is 0 Å². The topological polar surface area (TPSA) is 29.9 Å². The van der Waals surface area contributed by atoms with Gasteiger partial charge in [-0.2, -0.15) is 0 Å². The molecule has 2 heterocycles. The highest BCUT2D eigenvalue weighted by atomic mass is 32.1. The van der Waals surface area contributed by atoms with Crippen molar-refractivity contribution >= 4 is 11.3 Å². The van der Waals surface area contributed by atoms with Crippen molar-refractivity contribution in [1.29, 1.82) is 0 Å². The molecule has 0 fully saturated rings. The van der Waals surface area contributed by atoms with E-state index in [1.807, 2.05) is 30.8 Å². The number of aryl methyl sites for hydroxylation is 3. The van der Waals surface area contributed by atoms with Crippen LogP contribution in [0.1, 0.15) is 21.1 Å². The van der Waals surface area contributed by atoms with Crippen molar-refractivity contribution in [3.8, 4) is 0 Å². The Morgan fingerprint density at radius 2 is 2.24 bits per heavy atom. The van der Waals surface area contributed by atoms with E-state index in [1.165, 1.54) is 15.3 Å². The standard InChI is InChI=1S/C13H19N3S/c1-10-8-12(11(2)17-10)9-14-5-4-13-15-6-7-16(13)3/h6-8,14H,4-5,9H2,1-3H3. The molecular formula is C13H19N3S. The van der Waals surface area contributed by atoms with Crippen LogP contribution in [0.3, 0.4) is 0 Å².